The van der Waals surface area contributed by atoms with Gasteiger partial charge in [-0.05, 0) is 56.6 Å². The van der Waals surface area contributed by atoms with Gasteiger partial charge in [-0.1, -0.05) is 11.6 Å². The largest absolute Gasteiger partial charge is 0.306 e. The van der Waals surface area contributed by atoms with Gasteiger partial charge in [-0.3, -0.25) is 0 Å². The van der Waals surface area contributed by atoms with E-state index in [1.165, 1.54) is 30.6 Å². The van der Waals surface area contributed by atoms with Gasteiger partial charge < -0.3 is 5.32 Å². The summed E-state index contributed by atoms with van der Waals surface area (Å²) in [7, 11) is 0. The van der Waals surface area contributed by atoms with Crippen LogP contribution in [0, 0.1) is 11.8 Å². The van der Waals surface area contributed by atoms with E-state index in [0.717, 1.165) is 22.2 Å². The lowest BCUT2D eigenvalue weighted by atomic mass is 10.1. The van der Waals surface area contributed by atoms with Crippen LogP contribution < -0.4 is 5.32 Å². The summed E-state index contributed by atoms with van der Waals surface area (Å²) in [6.45, 7) is 2.26. The SMILES string of the molecule is CC(NC(C1CC1)C1CC1)c1ccc(Cl)s1. The predicted octanol–water partition coefficient (Wildman–Crippen LogP) is 4.24. The molecule has 2 aliphatic rings. The van der Waals surface area contributed by atoms with E-state index in [0.29, 0.717) is 6.04 Å². The number of nitrogens with one attached hydrogen (secondary N) is 1. The van der Waals surface area contributed by atoms with Crippen LogP contribution in [0.5, 0.6) is 0 Å². The van der Waals surface area contributed by atoms with Crippen LogP contribution in [0.3, 0.4) is 0 Å². The second-order valence-corrected chi connectivity index (χ2v) is 6.98. The van der Waals surface area contributed by atoms with Crippen LogP contribution >= 0.6 is 22.9 Å². The molecule has 1 unspecified atom stereocenters. The molecule has 0 radical (unpaired) electrons. The molecule has 16 heavy (non-hydrogen) atoms. The lowest BCUT2D eigenvalue weighted by molar-refractivity contribution is 0.380. The fourth-order valence-electron chi connectivity index (χ4n) is 2.50. The van der Waals surface area contributed by atoms with Gasteiger partial charge in [0.15, 0.2) is 0 Å². The van der Waals surface area contributed by atoms with Gasteiger partial charge in [0.05, 0.1) is 4.34 Å². The summed E-state index contributed by atoms with van der Waals surface area (Å²) >= 11 is 7.69. The molecule has 3 heteroatoms. The van der Waals surface area contributed by atoms with Crippen molar-refractivity contribution in [2.45, 2.75) is 44.7 Å². The van der Waals surface area contributed by atoms with Crippen molar-refractivity contribution in [3.63, 3.8) is 0 Å². The van der Waals surface area contributed by atoms with Crippen LogP contribution in [0.15, 0.2) is 12.1 Å². The minimum Gasteiger partial charge on any atom is -0.306 e. The highest BCUT2D eigenvalue weighted by Crippen LogP contribution is 2.45. The third-order valence-corrected chi connectivity index (χ3v) is 5.14. The van der Waals surface area contributed by atoms with Gasteiger partial charge in [0, 0.05) is 17.0 Å². The molecular formula is C13H18ClNS. The van der Waals surface area contributed by atoms with Gasteiger partial charge >= 0.3 is 0 Å². The first kappa shape index (κ1) is 11.1. The van der Waals surface area contributed by atoms with E-state index in [2.05, 4.69) is 18.3 Å². The van der Waals surface area contributed by atoms with Crippen LogP contribution in [0.25, 0.3) is 0 Å². The minimum atomic E-state index is 0.462. The first-order chi connectivity index (χ1) is 7.74. The van der Waals surface area contributed by atoms with Crippen LogP contribution in [-0.4, -0.2) is 6.04 Å². The zero-order chi connectivity index (χ0) is 11.1. The Morgan fingerprint density at radius 3 is 2.31 bits per heavy atom. The zero-order valence-electron chi connectivity index (χ0n) is 9.58. The first-order valence-electron chi connectivity index (χ1n) is 6.25. The standard InChI is InChI=1S/C13H18ClNS/c1-8(11-6-7-12(14)16-11)15-13(9-2-3-9)10-4-5-10/h6-10,13,15H,2-5H2,1H3. The molecule has 0 aliphatic heterocycles. The Hall–Kier alpha value is -0.0500. The summed E-state index contributed by atoms with van der Waals surface area (Å²) in [5, 5.41) is 3.82. The third kappa shape index (κ3) is 2.44. The van der Waals surface area contributed by atoms with Crippen molar-refractivity contribution in [3.8, 4) is 0 Å². The monoisotopic (exact) mass is 255 g/mol. The molecule has 0 amide bonds. The van der Waals surface area contributed by atoms with Gasteiger partial charge in [0.25, 0.3) is 0 Å². The normalized spacial score (nSPS) is 22.7. The number of hydrogen-bond acceptors (Lipinski definition) is 2. The maximum Gasteiger partial charge on any atom is 0.0931 e. The van der Waals surface area contributed by atoms with Crippen molar-refractivity contribution in [2.24, 2.45) is 11.8 Å². The smallest absolute Gasteiger partial charge is 0.0931 e. The van der Waals surface area contributed by atoms with E-state index in [4.69, 9.17) is 11.6 Å². The summed E-state index contributed by atoms with van der Waals surface area (Å²) in [6, 6.07) is 5.39. The minimum absolute atomic E-state index is 0.462. The maximum absolute atomic E-state index is 5.98. The average Bonchev–Trinajstić information content (AvgIpc) is 3.14. The van der Waals surface area contributed by atoms with Gasteiger partial charge in [-0.25, -0.2) is 0 Å². The van der Waals surface area contributed by atoms with Gasteiger partial charge in [0.1, 0.15) is 0 Å². The first-order valence-corrected chi connectivity index (χ1v) is 7.45. The van der Waals surface area contributed by atoms with Crippen LogP contribution in [-0.2, 0) is 0 Å². The fourth-order valence-corrected chi connectivity index (χ4v) is 3.57. The van der Waals surface area contributed by atoms with Crippen molar-refractivity contribution in [3.05, 3.63) is 21.3 Å². The van der Waals surface area contributed by atoms with Crippen molar-refractivity contribution in [1.82, 2.24) is 5.32 Å². The molecule has 0 saturated heterocycles. The van der Waals surface area contributed by atoms with Gasteiger partial charge in [0.2, 0.25) is 0 Å². The topological polar surface area (TPSA) is 12.0 Å². The van der Waals surface area contributed by atoms with E-state index < -0.39 is 0 Å². The fraction of sp³-hybridized carbons (Fsp3) is 0.692. The lowest BCUT2D eigenvalue weighted by Crippen LogP contribution is -2.34. The van der Waals surface area contributed by atoms with E-state index in [1.807, 2.05) is 6.07 Å². The summed E-state index contributed by atoms with van der Waals surface area (Å²) in [6.07, 6.45) is 5.75. The van der Waals surface area contributed by atoms with E-state index in [-0.39, 0.29) is 0 Å². The molecule has 1 aromatic heterocycles. The quantitative estimate of drug-likeness (QED) is 0.830. The maximum atomic E-state index is 5.98. The van der Waals surface area contributed by atoms with Gasteiger partial charge in [-0.2, -0.15) is 0 Å². The third-order valence-electron chi connectivity index (χ3n) is 3.72. The summed E-state index contributed by atoms with van der Waals surface area (Å²) in [5.41, 5.74) is 0. The van der Waals surface area contributed by atoms with Crippen molar-refractivity contribution >= 4 is 22.9 Å². The Morgan fingerprint density at radius 2 is 1.88 bits per heavy atom. The van der Waals surface area contributed by atoms with E-state index in [9.17, 15) is 0 Å². The number of thiophene rings is 1. The Kier molecular flexibility index (Phi) is 2.99. The summed E-state index contributed by atoms with van der Waals surface area (Å²) in [4.78, 5) is 1.37. The summed E-state index contributed by atoms with van der Waals surface area (Å²) < 4.78 is 0.901. The molecule has 0 spiro atoms. The van der Waals surface area contributed by atoms with E-state index >= 15 is 0 Å². The second kappa shape index (κ2) is 4.32. The molecule has 3 rings (SSSR count). The van der Waals surface area contributed by atoms with Crippen LogP contribution in [0.1, 0.15) is 43.5 Å². The van der Waals surface area contributed by atoms with E-state index in [1.54, 1.807) is 11.3 Å². The molecule has 2 aliphatic carbocycles. The van der Waals surface area contributed by atoms with Crippen molar-refractivity contribution in [2.75, 3.05) is 0 Å². The number of hydrogen-bond donors (Lipinski definition) is 1. The molecule has 1 N–H and O–H groups in total. The second-order valence-electron chi connectivity index (χ2n) is 5.23. The molecule has 1 nitrogen and oxygen atoms in total. The summed E-state index contributed by atoms with van der Waals surface area (Å²) in [5.74, 6) is 1.93. The molecule has 2 saturated carbocycles. The van der Waals surface area contributed by atoms with Crippen LogP contribution in [0.4, 0.5) is 0 Å². The van der Waals surface area contributed by atoms with Gasteiger partial charge in [-0.15, -0.1) is 11.3 Å². The average molecular weight is 256 g/mol. The predicted molar refractivity (Wildman–Crippen MR) is 70.1 cm³/mol. The van der Waals surface area contributed by atoms with Crippen LogP contribution in [0.2, 0.25) is 4.34 Å². The zero-order valence-corrected chi connectivity index (χ0v) is 11.2. The number of halogens is 1. The highest BCUT2D eigenvalue weighted by Gasteiger charge is 2.41. The highest BCUT2D eigenvalue weighted by molar-refractivity contribution is 7.16. The Labute approximate surface area is 106 Å². The molecule has 1 aromatic rings. The molecule has 1 heterocycles. The number of rotatable bonds is 5. The lowest BCUT2D eigenvalue weighted by Gasteiger charge is -2.22. The molecular weight excluding hydrogens is 238 g/mol. The Bertz CT molecular complexity index is 356. The molecule has 2 fully saturated rings. The molecule has 88 valence electrons. The Balaban J connectivity index is 1.63. The molecule has 0 aromatic carbocycles. The molecule has 1 atom stereocenters. The highest BCUT2D eigenvalue weighted by atomic mass is 35.5. The molecule has 0 bridgehead atoms. The van der Waals surface area contributed by atoms with Crippen molar-refractivity contribution in [1.29, 1.82) is 0 Å². The van der Waals surface area contributed by atoms with Crippen molar-refractivity contribution < 1.29 is 0 Å². The Morgan fingerprint density at radius 1 is 1.25 bits per heavy atom.